The van der Waals surface area contributed by atoms with E-state index in [0.29, 0.717) is 40.8 Å². The van der Waals surface area contributed by atoms with Gasteiger partial charge in [0, 0.05) is 11.8 Å². The lowest BCUT2D eigenvalue weighted by Gasteiger charge is -2.10. The van der Waals surface area contributed by atoms with Crippen LogP contribution in [0.3, 0.4) is 0 Å². The fraction of sp³-hybridized carbons (Fsp3) is 0.190. The van der Waals surface area contributed by atoms with Gasteiger partial charge in [0.05, 0.1) is 29.6 Å². The van der Waals surface area contributed by atoms with Crippen LogP contribution in [0.15, 0.2) is 58.0 Å². The predicted octanol–water partition coefficient (Wildman–Crippen LogP) is 3.11. The normalized spacial score (nSPS) is 13.9. The third-order valence-corrected chi connectivity index (χ3v) is 4.66. The molecule has 1 aromatic carbocycles. The Kier molecular flexibility index (Phi) is 4.36. The molecule has 29 heavy (non-hydrogen) atoms. The predicted molar refractivity (Wildman–Crippen MR) is 106 cm³/mol. The van der Waals surface area contributed by atoms with Crippen LogP contribution in [0.25, 0.3) is 27.9 Å². The minimum atomic E-state index is -0.221. The topological polar surface area (TPSA) is 107 Å². The third kappa shape index (κ3) is 3.52. The number of H-pyrrole nitrogens is 1. The van der Waals surface area contributed by atoms with Crippen LogP contribution in [0.5, 0.6) is 0 Å². The van der Waals surface area contributed by atoms with Gasteiger partial charge in [-0.3, -0.25) is 9.78 Å². The van der Waals surface area contributed by atoms with Gasteiger partial charge in [-0.25, -0.2) is 4.98 Å². The highest BCUT2D eigenvalue weighted by Gasteiger charge is 2.16. The first-order valence-corrected chi connectivity index (χ1v) is 9.36. The summed E-state index contributed by atoms with van der Waals surface area (Å²) in [4.78, 5) is 28.6. The molecule has 1 N–H and O–H groups in total. The van der Waals surface area contributed by atoms with Crippen LogP contribution >= 0.6 is 0 Å². The minimum absolute atomic E-state index is 0.221. The number of hydrogen-bond acceptors (Lipinski definition) is 7. The molecule has 0 bridgehead atoms. The largest absolute Gasteiger partial charge is 0.490 e. The Balaban J connectivity index is 1.44. The zero-order valence-electron chi connectivity index (χ0n) is 15.5. The molecule has 4 aromatic rings. The molecule has 3 aromatic heterocycles. The summed E-state index contributed by atoms with van der Waals surface area (Å²) >= 11 is 0. The van der Waals surface area contributed by atoms with E-state index in [-0.39, 0.29) is 12.0 Å². The van der Waals surface area contributed by atoms with Crippen LogP contribution in [0.4, 0.5) is 0 Å². The van der Waals surface area contributed by atoms with Crippen LogP contribution in [-0.4, -0.2) is 31.7 Å². The lowest BCUT2D eigenvalue weighted by atomic mass is 10.1. The molecule has 0 atom stereocenters. The van der Waals surface area contributed by atoms with Crippen LogP contribution in [0, 0.1) is 0 Å². The molecule has 8 nitrogen and oxygen atoms in total. The van der Waals surface area contributed by atoms with E-state index in [2.05, 4.69) is 25.1 Å². The van der Waals surface area contributed by atoms with Crippen molar-refractivity contribution >= 4 is 16.7 Å². The van der Waals surface area contributed by atoms with Gasteiger partial charge in [-0.1, -0.05) is 17.3 Å². The summed E-state index contributed by atoms with van der Waals surface area (Å²) in [6.45, 7) is 0.649. The lowest BCUT2D eigenvalue weighted by molar-refractivity contribution is 0.254. The number of fused-ring (bicyclic) bond motifs is 1. The number of nitrogens with one attached hydrogen (secondary N) is 1. The van der Waals surface area contributed by atoms with E-state index >= 15 is 0 Å². The molecule has 1 aliphatic heterocycles. The minimum Gasteiger partial charge on any atom is -0.490 e. The van der Waals surface area contributed by atoms with Gasteiger partial charge in [-0.15, -0.1) is 0 Å². The van der Waals surface area contributed by atoms with Gasteiger partial charge in [0.25, 0.3) is 5.56 Å². The Hall–Kier alpha value is -3.81. The van der Waals surface area contributed by atoms with E-state index < -0.39 is 0 Å². The second-order valence-electron chi connectivity index (χ2n) is 6.71. The number of benzene rings is 1. The van der Waals surface area contributed by atoms with Crippen molar-refractivity contribution in [2.75, 3.05) is 6.61 Å². The standard InChI is InChI=1S/C21H17N5O3/c27-21-14-11-13(15-5-1-3-9-22-15)7-8-16(14)23-18(24-21)12-19-25-20(26-29-19)17-6-2-4-10-28-17/h1,3,5-9,11H,2,4,10,12H2,(H,23,24,27). The van der Waals surface area contributed by atoms with E-state index in [1.165, 1.54) is 0 Å². The Morgan fingerprint density at radius 1 is 1.14 bits per heavy atom. The van der Waals surface area contributed by atoms with Crippen molar-refractivity contribution in [1.82, 2.24) is 25.1 Å². The summed E-state index contributed by atoms with van der Waals surface area (Å²) in [6.07, 6.45) is 5.82. The summed E-state index contributed by atoms with van der Waals surface area (Å²) in [6, 6.07) is 11.2. The molecule has 8 heteroatoms. The van der Waals surface area contributed by atoms with Crippen LogP contribution in [-0.2, 0) is 11.2 Å². The average Bonchev–Trinajstić information content (AvgIpc) is 3.23. The summed E-state index contributed by atoms with van der Waals surface area (Å²) < 4.78 is 10.8. The van der Waals surface area contributed by atoms with Crippen molar-refractivity contribution in [2.45, 2.75) is 19.3 Å². The Labute approximate surface area is 165 Å². The molecule has 0 saturated heterocycles. The molecule has 4 heterocycles. The molecule has 1 aliphatic rings. The maximum absolute atomic E-state index is 12.6. The van der Waals surface area contributed by atoms with E-state index in [1.54, 1.807) is 12.3 Å². The summed E-state index contributed by atoms with van der Waals surface area (Å²) in [7, 11) is 0. The van der Waals surface area contributed by atoms with E-state index in [0.717, 1.165) is 24.1 Å². The Morgan fingerprint density at radius 2 is 2.10 bits per heavy atom. The van der Waals surface area contributed by atoms with Crippen molar-refractivity contribution in [3.05, 3.63) is 76.6 Å². The zero-order valence-corrected chi connectivity index (χ0v) is 15.5. The fourth-order valence-corrected chi connectivity index (χ4v) is 3.25. The highest BCUT2D eigenvalue weighted by molar-refractivity contribution is 5.83. The molecular weight excluding hydrogens is 370 g/mol. The van der Waals surface area contributed by atoms with Gasteiger partial charge < -0.3 is 14.2 Å². The fourth-order valence-electron chi connectivity index (χ4n) is 3.25. The van der Waals surface area contributed by atoms with Gasteiger partial charge >= 0.3 is 0 Å². The van der Waals surface area contributed by atoms with Crippen molar-refractivity contribution in [3.63, 3.8) is 0 Å². The molecule has 0 amide bonds. The van der Waals surface area contributed by atoms with Crippen molar-refractivity contribution in [3.8, 4) is 11.3 Å². The van der Waals surface area contributed by atoms with Crippen molar-refractivity contribution in [1.29, 1.82) is 0 Å². The summed E-state index contributed by atoms with van der Waals surface area (Å²) in [5.41, 5.74) is 2.04. The van der Waals surface area contributed by atoms with Gasteiger partial charge in [-0.2, -0.15) is 4.98 Å². The molecule has 0 spiro atoms. The molecule has 0 aliphatic carbocycles. The number of aromatic amines is 1. The number of nitrogens with zero attached hydrogens (tertiary/aromatic N) is 4. The van der Waals surface area contributed by atoms with Gasteiger partial charge in [0.2, 0.25) is 11.7 Å². The average molecular weight is 387 g/mol. The van der Waals surface area contributed by atoms with Crippen molar-refractivity contribution in [2.24, 2.45) is 0 Å². The van der Waals surface area contributed by atoms with Crippen LogP contribution < -0.4 is 5.56 Å². The summed E-state index contributed by atoms with van der Waals surface area (Å²) in [5.74, 6) is 1.88. The maximum atomic E-state index is 12.6. The SMILES string of the molecule is O=c1[nH]c(Cc2nc(C3=CCCCO3)no2)nc2ccc(-c3ccccn3)cc12. The summed E-state index contributed by atoms with van der Waals surface area (Å²) in [5, 5.41) is 4.46. The molecule has 0 saturated carbocycles. The first-order chi connectivity index (χ1) is 14.3. The van der Waals surface area contributed by atoms with Gasteiger partial charge in [-0.05, 0) is 43.2 Å². The molecule has 0 unspecified atom stereocenters. The lowest BCUT2D eigenvalue weighted by Crippen LogP contribution is -2.12. The molecular formula is C21H17N5O3. The maximum Gasteiger partial charge on any atom is 0.258 e. The Morgan fingerprint density at radius 3 is 2.93 bits per heavy atom. The number of allylic oxidation sites excluding steroid dienone is 1. The molecule has 5 rings (SSSR count). The third-order valence-electron chi connectivity index (χ3n) is 4.66. The highest BCUT2D eigenvalue weighted by Crippen LogP contribution is 2.21. The number of ether oxygens (including phenoxy) is 1. The van der Waals surface area contributed by atoms with E-state index in [4.69, 9.17) is 9.26 Å². The quantitative estimate of drug-likeness (QED) is 0.573. The monoisotopic (exact) mass is 387 g/mol. The zero-order chi connectivity index (χ0) is 19.6. The molecule has 144 valence electrons. The Bertz CT molecular complexity index is 1260. The smallest absolute Gasteiger partial charge is 0.258 e. The van der Waals surface area contributed by atoms with E-state index in [9.17, 15) is 4.79 Å². The number of rotatable bonds is 4. The first kappa shape index (κ1) is 17.3. The van der Waals surface area contributed by atoms with Crippen LogP contribution in [0.1, 0.15) is 30.4 Å². The van der Waals surface area contributed by atoms with Crippen molar-refractivity contribution < 1.29 is 9.26 Å². The number of hydrogen-bond donors (Lipinski definition) is 1. The van der Waals surface area contributed by atoms with Gasteiger partial charge in [0.15, 0.2) is 5.76 Å². The number of aromatic nitrogens is 5. The highest BCUT2D eigenvalue weighted by atomic mass is 16.5. The second kappa shape index (κ2) is 7.31. The van der Waals surface area contributed by atoms with E-state index in [1.807, 2.05) is 36.4 Å². The second-order valence-corrected chi connectivity index (χ2v) is 6.71. The molecule has 0 fully saturated rings. The number of pyridine rings is 1. The first-order valence-electron chi connectivity index (χ1n) is 9.36. The van der Waals surface area contributed by atoms with Crippen LogP contribution in [0.2, 0.25) is 0 Å². The molecule has 0 radical (unpaired) electrons. The van der Waals surface area contributed by atoms with Gasteiger partial charge in [0.1, 0.15) is 5.82 Å².